The fourth-order valence-corrected chi connectivity index (χ4v) is 2.45. The highest BCUT2D eigenvalue weighted by molar-refractivity contribution is 7.09. The summed E-state index contributed by atoms with van der Waals surface area (Å²) in [5.41, 5.74) is 2.14. The van der Waals surface area contributed by atoms with Crippen molar-refractivity contribution in [1.29, 1.82) is 0 Å². The van der Waals surface area contributed by atoms with Crippen LogP contribution in [0.1, 0.15) is 23.2 Å². The lowest BCUT2D eigenvalue weighted by atomic mass is 10.3. The molecule has 2 aromatic heterocycles. The zero-order valence-electron chi connectivity index (χ0n) is 11.5. The Hall–Kier alpha value is -1.69. The first kappa shape index (κ1) is 13.7. The Morgan fingerprint density at radius 2 is 2.05 bits per heavy atom. The Morgan fingerprint density at radius 1 is 1.21 bits per heavy atom. The summed E-state index contributed by atoms with van der Waals surface area (Å²) in [5, 5.41) is 9.69. The highest BCUT2D eigenvalue weighted by Crippen LogP contribution is 2.13. The Balaban J connectivity index is 1.93. The number of aryl methyl sites for hydroxylation is 2. The fourth-order valence-electron chi connectivity index (χ4n) is 1.67. The second-order valence-electron chi connectivity index (χ2n) is 4.31. The molecule has 0 aliphatic heterocycles. The zero-order valence-corrected chi connectivity index (χ0v) is 12.3. The zero-order chi connectivity index (χ0) is 13.7. The highest BCUT2D eigenvalue weighted by atomic mass is 32.1. The van der Waals surface area contributed by atoms with Gasteiger partial charge in [-0.3, -0.25) is 0 Å². The summed E-state index contributed by atoms with van der Waals surface area (Å²) in [6.45, 7) is 7.70. The van der Waals surface area contributed by atoms with Crippen LogP contribution < -0.4 is 10.6 Å². The van der Waals surface area contributed by atoms with Gasteiger partial charge in [-0.25, -0.2) is 9.97 Å². The number of nitrogens with one attached hydrogen (secondary N) is 2. The number of rotatable bonds is 6. The molecule has 0 amide bonds. The third-order valence-electron chi connectivity index (χ3n) is 2.60. The van der Waals surface area contributed by atoms with Crippen LogP contribution in [0, 0.1) is 13.8 Å². The maximum absolute atomic E-state index is 4.45. The lowest BCUT2D eigenvalue weighted by Crippen LogP contribution is -2.10. The molecule has 0 saturated heterocycles. The minimum Gasteiger partial charge on any atom is -0.369 e. The molecule has 0 spiro atoms. The first-order valence-corrected chi connectivity index (χ1v) is 7.29. The van der Waals surface area contributed by atoms with Crippen LogP contribution in [0.5, 0.6) is 0 Å². The molecule has 0 atom stereocenters. The van der Waals surface area contributed by atoms with Crippen molar-refractivity contribution in [1.82, 2.24) is 15.0 Å². The van der Waals surface area contributed by atoms with Gasteiger partial charge in [0.25, 0.3) is 0 Å². The lowest BCUT2D eigenvalue weighted by molar-refractivity contribution is 0.966. The minimum atomic E-state index is 0.667. The average Bonchev–Trinajstić information content (AvgIpc) is 2.79. The molecule has 0 fully saturated rings. The molecule has 0 aliphatic rings. The van der Waals surface area contributed by atoms with Gasteiger partial charge in [0.1, 0.15) is 5.82 Å². The molecular formula is C13H19N5S. The Labute approximate surface area is 117 Å². The van der Waals surface area contributed by atoms with Crippen molar-refractivity contribution in [2.24, 2.45) is 0 Å². The Morgan fingerprint density at radius 3 is 2.74 bits per heavy atom. The first-order valence-electron chi connectivity index (χ1n) is 6.41. The van der Waals surface area contributed by atoms with Crippen molar-refractivity contribution in [2.75, 3.05) is 23.7 Å². The van der Waals surface area contributed by atoms with E-state index < -0.39 is 0 Å². The molecule has 2 aromatic rings. The highest BCUT2D eigenvalue weighted by Gasteiger charge is 2.04. The quantitative estimate of drug-likeness (QED) is 0.850. The van der Waals surface area contributed by atoms with Gasteiger partial charge >= 0.3 is 0 Å². The molecule has 0 bridgehead atoms. The van der Waals surface area contributed by atoms with E-state index in [-0.39, 0.29) is 0 Å². The van der Waals surface area contributed by atoms with Crippen LogP contribution in [0.15, 0.2) is 11.6 Å². The van der Waals surface area contributed by atoms with Crippen LogP contribution in [0.25, 0.3) is 0 Å². The van der Waals surface area contributed by atoms with Crippen LogP contribution in [0.4, 0.5) is 11.8 Å². The van der Waals surface area contributed by atoms with Gasteiger partial charge in [0.05, 0.1) is 5.01 Å². The van der Waals surface area contributed by atoms with Gasteiger partial charge in [-0.05, 0) is 20.8 Å². The first-order chi connectivity index (χ1) is 9.19. The van der Waals surface area contributed by atoms with Crippen molar-refractivity contribution in [2.45, 2.75) is 27.2 Å². The van der Waals surface area contributed by atoms with Gasteiger partial charge in [0.15, 0.2) is 0 Å². The molecule has 0 saturated carbocycles. The fraction of sp³-hybridized carbons (Fsp3) is 0.462. The van der Waals surface area contributed by atoms with E-state index in [1.807, 2.05) is 27.0 Å². The molecular weight excluding hydrogens is 258 g/mol. The summed E-state index contributed by atoms with van der Waals surface area (Å²) >= 11 is 1.70. The minimum absolute atomic E-state index is 0.667. The van der Waals surface area contributed by atoms with Gasteiger partial charge in [0.2, 0.25) is 5.95 Å². The van der Waals surface area contributed by atoms with Gasteiger partial charge in [-0.2, -0.15) is 4.98 Å². The standard InChI is InChI=1S/C13H19N5S/c1-4-14-13-16-7-9(2)12(18-13)15-6-5-11-17-10(3)8-19-11/h7-8H,4-6H2,1-3H3,(H2,14,15,16,18). The van der Waals surface area contributed by atoms with Crippen molar-refractivity contribution >= 4 is 23.1 Å². The topological polar surface area (TPSA) is 62.7 Å². The molecule has 0 aliphatic carbocycles. The third-order valence-corrected chi connectivity index (χ3v) is 3.63. The van der Waals surface area contributed by atoms with Crippen LogP contribution in [-0.4, -0.2) is 28.0 Å². The number of hydrogen-bond acceptors (Lipinski definition) is 6. The molecule has 0 unspecified atom stereocenters. The van der Waals surface area contributed by atoms with Crippen molar-refractivity contribution in [3.8, 4) is 0 Å². The van der Waals surface area contributed by atoms with E-state index in [1.54, 1.807) is 11.3 Å². The summed E-state index contributed by atoms with van der Waals surface area (Å²) in [5.74, 6) is 1.56. The maximum atomic E-state index is 4.45. The molecule has 2 N–H and O–H groups in total. The molecule has 0 aromatic carbocycles. The molecule has 2 rings (SSSR count). The van der Waals surface area contributed by atoms with Gasteiger partial charge in [0, 0.05) is 42.3 Å². The average molecular weight is 277 g/mol. The van der Waals surface area contributed by atoms with E-state index in [4.69, 9.17) is 0 Å². The van der Waals surface area contributed by atoms with Crippen LogP contribution in [0.2, 0.25) is 0 Å². The van der Waals surface area contributed by atoms with E-state index >= 15 is 0 Å². The molecule has 0 radical (unpaired) electrons. The van der Waals surface area contributed by atoms with E-state index in [0.29, 0.717) is 5.95 Å². The number of nitrogens with zero attached hydrogens (tertiary/aromatic N) is 3. The van der Waals surface area contributed by atoms with E-state index in [1.165, 1.54) is 0 Å². The lowest BCUT2D eigenvalue weighted by Gasteiger charge is -2.09. The molecule has 102 valence electrons. The third kappa shape index (κ3) is 3.89. The summed E-state index contributed by atoms with van der Waals surface area (Å²) < 4.78 is 0. The van der Waals surface area contributed by atoms with Crippen LogP contribution >= 0.6 is 11.3 Å². The van der Waals surface area contributed by atoms with Crippen LogP contribution in [0.3, 0.4) is 0 Å². The van der Waals surface area contributed by atoms with Crippen LogP contribution in [-0.2, 0) is 6.42 Å². The van der Waals surface area contributed by atoms with Crippen molar-refractivity contribution < 1.29 is 0 Å². The number of anilines is 2. The maximum Gasteiger partial charge on any atom is 0.224 e. The predicted octanol–water partition coefficient (Wildman–Crippen LogP) is 2.64. The molecule has 19 heavy (non-hydrogen) atoms. The summed E-state index contributed by atoms with van der Waals surface area (Å²) in [6.07, 6.45) is 2.75. The number of aromatic nitrogens is 3. The summed E-state index contributed by atoms with van der Waals surface area (Å²) in [7, 11) is 0. The van der Waals surface area contributed by atoms with Crippen molar-refractivity contribution in [3.05, 3.63) is 27.8 Å². The summed E-state index contributed by atoms with van der Waals surface area (Å²) in [6, 6.07) is 0. The normalized spacial score (nSPS) is 10.5. The van der Waals surface area contributed by atoms with Gasteiger partial charge in [-0.15, -0.1) is 11.3 Å². The molecule has 5 nitrogen and oxygen atoms in total. The molecule has 6 heteroatoms. The largest absolute Gasteiger partial charge is 0.369 e. The van der Waals surface area contributed by atoms with E-state index in [0.717, 1.165) is 41.6 Å². The smallest absolute Gasteiger partial charge is 0.224 e. The second kappa shape index (κ2) is 6.47. The predicted molar refractivity (Wildman–Crippen MR) is 80.0 cm³/mol. The van der Waals surface area contributed by atoms with E-state index in [2.05, 4.69) is 31.0 Å². The Kier molecular flexibility index (Phi) is 4.68. The summed E-state index contributed by atoms with van der Waals surface area (Å²) in [4.78, 5) is 13.1. The van der Waals surface area contributed by atoms with E-state index in [9.17, 15) is 0 Å². The second-order valence-corrected chi connectivity index (χ2v) is 5.26. The van der Waals surface area contributed by atoms with Gasteiger partial charge < -0.3 is 10.6 Å². The van der Waals surface area contributed by atoms with Crippen molar-refractivity contribution in [3.63, 3.8) is 0 Å². The SMILES string of the molecule is CCNc1ncc(C)c(NCCc2nc(C)cs2)n1. The van der Waals surface area contributed by atoms with Gasteiger partial charge in [-0.1, -0.05) is 0 Å². The number of hydrogen-bond donors (Lipinski definition) is 2. The number of thiazole rings is 1. The monoisotopic (exact) mass is 277 g/mol. The Bertz CT molecular complexity index is 538. The molecule has 2 heterocycles.